The number of carbonyl (C=O) groups is 1. The van der Waals surface area contributed by atoms with Crippen molar-refractivity contribution in [2.45, 2.75) is 19.4 Å². The second-order valence-electron chi connectivity index (χ2n) is 6.71. The Labute approximate surface area is 151 Å². The van der Waals surface area contributed by atoms with E-state index in [1.807, 2.05) is 30.3 Å². The van der Waals surface area contributed by atoms with Crippen molar-refractivity contribution in [3.63, 3.8) is 0 Å². The smallest absolute Gasteiger partial charge is 0.263 e. The Balaban J connectivity index is 1.84. The molecule has 0 saturated carbocycles. The van der Waals surface area contributed by atoms with Gasteiger partial charge in [0.2, 0.25) is 5.43 Å². The minimum absolute atomic E-state index is 0.189. The molecule has 1 aliphatic rings. The van der Waals surface area contributed by atoms with Gasteiger partial charge in [-0.2, -0.15) is 0 Å². The van der Waals surface area contributed by atoms with Crippen LogP contribution >= 0.6 is 0 Å². The summed E-state index contributed by atoms with van der Waals surface area (Å²) >= 11 is 0. The molecule has 0 bridgehead atoms. The highest BCUT2D eigenvalue weighted by Gasteiger charge is 2.26. The molecule has 0 fully saturated rings. The normalized spacial score (nSPS) is 15.3. The lowest BCUT2D eigenvalue weighted by molar-refractivity contribution is 0.0991. The van der Waals surface area contributed by atoms with Crippen LogP contribution < -0.4 is 15.1 Å². The van der Waals surface area contributed by atoms with Gasteiger partial charge in [0.05, 0.1) is 12.6 Å². The first-order valence-electron chi connectivity index (χ1n) is 8.60. The van der Waals surface area contributed by atoms with Crippen LogP contribution in [0.3, 0.4) is 0 Å². The number of aromatic nitrogens is 1. The summed E-state index contributed by atoms with van der Waals surface area (Å²) in [4.78, 5) is 27.5. The van der Waals surface area contributed by atoms with E-state index in [1.165, 1.54) is 4.90 Å². The van der Waals surface area contributed by atoms with Crippen LogP contribution in [0.4, 0.5) is 5.69 Å². The Kier molecular flexibility index (Phi) is 3.80. The van der Waals surface area contributed by atoms with Gasteiger partial charge in [0.15, 0.2) is 0 Å². The molecule has 1 atom stereocenters. The van der Waals surface area contributed by atoms with Gasteiger partial charge in [-0.15, -0.1) is 0 Å². The molecule has 1 amide bonds. The van der Waals surface area contributed by atoms with Crippen LogP contribution in [-0.4, -0.2) is 24.6 Å². The van der Waals surface area contributed by atoms with Crippen LogP contribution in [0.5, 0.6) is 5.75 Å². The minimum atomic E-state index is -0.321. The highest BCUT2D eigenvalue weighted by molar-refractivity contribution is 6.07. The zero-order chi connectivity index (χ0) is 18.4. The fraction of sp³-hybridized carbons (Fsp3) is 0.238. The molecule has 26 heavy (non-hydrogen) atoms. The van der Waals surface area contributed by atoms with Gasteiger partial charge >= 0.3 is 0 Å². The fourth-order valence-corrected chi connectivity index (χ4v) is 3.69. The highest BCUT2D eigenvalue weighted by Crippen LogP contribution is 2.31. The monoisotopic (exact) mass is 348 g/mol. The zero-order valence-corrected chi connectivity index (χ0v) is 15.0. The molecule has 0 aliphatic carbocycles. The van der Waals surface area contributed by atoms with Gasteiger partial charge in [-0.05, 0) is 37.1 Å². The molecule has 1 aromatic heterocycles. The van der Waals surface area contributed by atoms with Gasteiger partial charge < -0.3 is 14.2 Å². The van der Waals surface area contributed by atoms with E-state index in [2.05, 4.69) is 11.5 Å². The number of methoxy groups -OCH3 is 1. The van der Waals surface area contributed by atoms with Crippen molar-refractivity contribution in [3.8, 4) is 5.75 Å². The molecule has 2 heterocycles. The van der Waals surface area contributed by atoms with Gasteiger partial charge in [-0.25, -0.2) is 0 Å². The Hall–Kier alpha value is -3.08. The summed E-state index contributed by atoms with van der Waals surface area (Å²) in [6, 6.07) is 13.2. The molecule has 0 unspecified atom stereocenters. The number of benzene rings is 2. The van der Waals surface area contributed by atoms with Gasteiger partial charge in [0, 0.05) is 36.4 Å². The summed E-state index contributed by atoms with van der Waals surface area (Å²) in [7, 11) is 3.25. The largest absolute Gasteiger partial charge is 0.497 e. The van der Waals surface area contributed by atoms with E-state index in [0.717, 1.165) is 17.5 Å². The first-order chi connectivity index (χ1) is 12.5. The lowest BCUT2D eigenvalue weighted by Gasteiger charge is -2.19. The van der Waals surface area contributed by atoms with E-state index < -0.39 is 0 Å². The summed E-state index contributed by atoms with van der Waals surface area (Å²) in [6.07, 6.45) is 2.59. The second kappa shape index (κ2) is 6.02. The maximum absolute atomic E-state index is 13.1. The Morgan fingerprint density at radius 3 is 2.77 bits per heavy atom. The van der Waals surface area contributed by atoms with E-state index in [9.17, 15) is 9.59 Å². The molecule has 5 nitrogen and oxygen atoms in total. The molecular formula is C21H20N2O3. The lowest BCUT2D eigenvalue weighted by Crippen LogP contribution is -2.31. The van der Waals surface area contributed by atoms with E-state index in [-0.39, 0.29) is 22.9 Å². The van der Waals surface area contributed by atoms with Crippen molar-refractivity contribution < 1.29 is 9.53 Å². The molecule has 2 aromatic carbocycles. The molecule has 0 radical (unpaired) electrons. The summed E-state index contributed by atoms with van der Waals surface area (Å²) in [6.45, 7) is 2.10. The topological polar surface area (TPSA) is 51.5 Å². The number of ether oxygens (including phenoxy) is 1. The minimum Gasteiger partial charge on any atom is -0.497 e. The number of hydrogen-bond acceptors (Lipinski definition) is 3. The third-order valence-corrected chi connectivity index (χ3v) is 5.10. The third kappa shape index (κ3) is 2.39. The molecular weight excluding hydrogens is 328 g/mol. The average Bonchev–Trinajstić information content (AvgIpc) is 2.99. The molecule has 0 saturated heterocycles. The zero-order valence-electron chi connectivity index (χ0n) is 15.0. The average molecular weight is 348 g/mol. The SMILES string of the molecule is COc1cccc(N(C)C(=O)c2cn3c4c(cccc4c2=O)C[C@H]3C)c1. The van der Waals surface area contributed by atoms with Crippen LogP contribution in [0.1, 0.15) is 28.9 Å². The number of amides is 1. The summed E-state index contributed by atoms with van der Waals surface area (Å²) in [5.41, 5.74) is 2.76. The molecule has 1 aliphatic heterocycles. The molecule has 0 spiro atoms. The van der Waals surface area contributed by atoms with E-state index in [1.54, 1.807) is 32.5 Å². The van der Waals surface area contributed by atoms with Crippen LogP contribution in [0, 0.1) is 0 Å². The Morgan fingerprint density at radius 1 is 1.23 bits per heavy atom. The lowest BCUT2D eigenvalue weighted by atomic mass is 10.1. The Bertz CT molecular complexity index is 1080. The Morgan fingerprint density at radius 2 is 2.00 bits per heavy atom. The van der Waals surface area contributed by atoms with E-state index in [0.29, 0.717) is 16.8 Å². The molecule has 3 aromatic rings. The summed E-state index contributed by atoms with van der Waals surface area (Å²) < 4.78 is 7.28. The second-order valence-corrected chi connectivity index (χ2v) is 6.71. The standard InChI is InChI=1S/C21H20N2O3/c1-13-10-14-6-4-9-17-19(14)23(13)12-18(20(17)24)21(25)22(2)15-7-5-8-16(11-15)26-3/h4-9,11-13H,10H2,1-3H3/t13-/m1/s1. The van der Waals surface area contributed by atoms with Gasteiger partial charge in [-0.3, -0.25) is 9.59 Å². The van der Waals surface area contributed by atoms with E-state index in [4.69, 9.17) is 4.74 Å². The number of anilines is 1. The van der Waals surface area contributed by atoms with Gasteiger partial charge in [-0.1, -0.05) is 18.2 Å². The number of pyridine rings is 1. The van der Waals surface area contributed by atoms with Gasteiger partial charge in [0.1, 0.15) is 11.3 Å². The number of rotatable bonds is 3. The number of carbonyl (C=O) groups excluding carboxylic acids is 1. The van der Waals surface area contributed by atoms with Crippen LogP contribution in [0.2, 0.25) is 0 Å². The third-order valence-electron chi connectivity index (χ3n) is 5.10. The van der Waals surface area contributed by atoms with Crippen molar-refractivity contribution in [1.82, 2.24) is 4.57 Å². The van der Waals surface area contributed by atoms with Crippen LogP contribution in [-0.2, 0) is 6.42 Å². The summed E-state index contributed by atoms with van der Waals surface area (Å²) in [5, 5.41) is 0.608. The molecule has 4 rings (SSSR count). The van der Waals surface area contributed by atoms with Crippen molar-refractivity contribution in [1.29, 1.82) is 0 Å². The maximum atomic E-state index is 13.1. The number of para-hydroxylation sites is 1. The van der Waals surface area contributed by atoms with Crippen LogP contribution in [0.25, 0.3) is 10.9 Å². The fourth-order valence-electron chi connectivity index (χ4n) is 3.69. The highest BCUT2D eigenvalue weighted by atomic mass is 16.5. The van der Waals surface area contributed by atoms with Crippen LogP contribution in [0.15, 0.2) is 53.5 Å². The first kappa shape index (κ1) is 16.4. The van der Waals surface area contributed by atoms with Crippen molar-refractivity contribution in [2.24, 2.45) is 0 Å². The first-order valence-corrected chi connectivity index (χ1v) is 8.60. The van der Waals surface area contributed by atoms with Crippen molar-refractivity contribution >= 4 is 22.5 Å². The molecule has 132 valence electrons. The molecule has 5 heteroatoms. The number of nitrogens with zero attached hydrogens (tertiary/aromatic N) is 2. The number of hydrogen-bond donors (Lipinski definition) is 0. The predicted octanol–water partition coefficient (Wildman–Crippen LogP) is 3.40. The maximum Gasteiger partial charge on any atom is 0.263 e. The van der Waals surface area contributed by atoms with Crippen molar-refractivity contribution in [2.75, 3.05) is 19.1 Å². The van der Waals surface area contributed by atoms with Crippen molar-refractivity contribution in [3.05, 3.63) is 70.0 Å². The molecule has 0 N–H and O–H groups in total. The van der Waals surface area contributed by atoms with Gasteiger partial charge in [0.25, 0.3) is 5.91 Å². The summed E-state index contributed by atoms with van der Waals surface area (Å²) in [5.74, 6) is 0.340. The predicted molar refractivity (Wildman–Crippen MR) is 102 cm³/mol. The van der Waals surface area contributed by atoms with E-state index >= 15 is 0 Å². The quantitative estimate of drug-likeness (QED) is 0.729.